The lowest BCUT2D eigenvalue weighted by Crippen LogP contribution is -1.95. The highest BCUT2D eigenvalue weighted by Gasteiger charge is 2.04. The van der Waals surface area contributed by atoms with E-state index in [1.54, 1.807) is 16.4 Å². The van der Waals surface area contributed by atoms with Crippen LogP contribution in [0.5, 0.6) is 0 Å². The van der Waals surface area contributed by atoms with E-state index in [0.29, 0.717) is 6.42 Å². The average molecular weight is 246 g/mol. The van der Waals surface area contributed by atoms with E-state index in [-0.39, 0.29) is 5.78 Å². The van der Waals surface area contributed by atoms with Crippen molar-refractivity contribution in [3.63, 3.8) is 0 Å². The molecule has 0 saturated carbocycles. The Hall–Kier alpha value is -1.55. The summed E-state index contributed by atoms with van der Waals surface area (Å²) >= 11 is 1.64. The fourth-order valence-corrected chi connectivity index (χ4v) is 2.35. The highest BCUT2D eigenvalue weighted by atomic mass is 32.2. The Morgan fingerprint density at radius 1 is 1.29 bits per heavy atom. The summed E-state index contributed by atoms with van der Waals surface area (Å²) in [7, 11) is 1.90. The van der Waals surface area contributed by atoms with Crippen molar-refractivity contribution < 1.29 is 4.79 Å². The van der Waals surface area contributed by atoms with Crippen LogP contribution in [0.15, 0.2) is 46.5 Å². The minimum atomic E-state index is 0.183. The fourth-order valence-electron chi connectivity index (χ4n) is 1.50. The van der Waals surface area contributed by atoms with Crippen molar-refractivity contribution >= 4 is 17.5 Å². The molecule has 0 aliphatic heterocycles. The number of aryl methyl sites for hydroxylation is 1. The first-order chi connectivity index (χ1) is 8.19. The van der Waals surface area contributed by atoms with Crippen LogP contribution in [0.3, 0.4) is 0 Å². The predicted molar refractivity (Wildman–Crippen MR) is 68.4 cm³/mol. The number of benzene rings is 1. The van der Waals surface area contributed by atoms with Crippen LogP contribution in [0.4, 0.5) is 0 Å². The summed E-state index contributed by atoms with van der Waals surface area (Å²) in [6.07, 6.45) is 4.35. The van der Waals surface area contributed by atoms with E-state index in [2.05, 4.69) is 5.10 Å². The second-order valence-corrected chi connectivity index (χ2v) is 4.90. The van der Waals surface area contributed by atoms with Gasteiger partial charge in [0.25, 0.3) is 0 Å². The van der Waals surface area contributed by atoms with Crippen LogP contribution in [0.25, 0.3) is 0 Å². The molecule has 88 valence electrons. The SMILES string of the molecule is CCC(=O)c1ccc(Sc2cnn(C)c2)cc1. The van der Waals surface area contributed by atoms with Gasteiger partial charge in [-0.25, -0.2) is 0 Å². The minimum absolute atomic E-state index is 0.183. The van der Waals surface area contributed by atoms with Gasteiger partial charge in [-0.3, -0.25) is 9.48 Å². The Bertz CT molecular complexity index is 516. The van der Waals surface area contributed by atoms with Crippen LogP contribution in [-0.2, 0) is 7.05 Å². The number of carbonyl (C=O) groups is 1. The Morgan fingerprint density at radius 3 is 2.53 bits per heavy atom. The molecule has 0 atom stereocenters. The number of aromatic nitrogens is 2. The summed E-state index contributed by atoms with van der Waals surface area (Å²) in [4.78, 5) is 13.7. The van der Waals surface area contributed by atoms with E-state index in [4.69, 9.17) is 0 Å². The van der Waals surface area contributed by atoms with Crippen molar-refractivity contribution in [1.82, 2.24) is 9.78 Å². The van der Waals surface area contributed by atoms with Crippen LogP contribution in [-0.4, -0.2) is 15.6 Å². The summed E-state index contributed by atoms with van der Waals surface area (Å²) in [5, 5.41) is 4.11. The summed E-state index contributed by atoms with van der Waals surface area (Å²) in [5.41, 5.74) is 0.781. The molecule has 0 bridgehead atoms. The smallest absolute Gasteiger partial charge is 0.162 e. The molecule has 1 aromatic heterocycles. The summed E-state index contributed by atoms with van der Waals surface area (Å²) in [5.74, 6) is 0.183. The van der Waals surface area contributed by atoms with Crippen molar-refractivity contribution in [1.29, 1.82) is 0 Å². The maximum Gasteiger partial charge on any atom is 0.162 e. The van der Waals surface area contributed by atoms with E-state index in [1.807, 2.05) is 50.6 Å². The summed E-state index contributed by atoms with van der Waals surface area (Å²) < 4.78 is 1.78. The molecule has 0 amide bonds. The lowest BCUT2D eigenvalue weighted by molar-refractivity contribution is 0.0988. The third kappa shape index (κ3) is 2.97. The Labute approximate surface area is 105 Å². The topological polar surface area (TPSA) is 34.9 Å². The molecule has 0 fully saturated rings. The van der Waals surface area contributed by atoms with Gasteiger partial charge in [-0.05, 0) is 12.1 Å². The lowest BCUT2D eigenvalue weighted by Gasteiger charge is -2.00. The molecule has 0 N–H and O–H groups in total. The molecule has 0 saturated heterocycles. The van der Waals surface area contributed by atoms with Crippen LogP contribution in [0.2, 0.25) is 0 Å². The molecule has 2 aromatic rings. The average Bonchev–Trinajstić information content (AvgIpc) is 2.75. The first-order valence-electron chi connectivity index (χ1n) is 5.49. The number of nitrogens with zero attached hydrogens (tertiary/aromatic N) is 2. The Kier molecular flexibility index (Phi) is 3.64. The zero-order chi connectivity index (χ0) is 12.3. The fraction of sp³-hybridized carbons (Fsp3) is 0.231. The molecule has 0 radical (unpaired) electrons. The van der Waals surface area contributed by atoms with Crippen molar-refractivity contribution in [3.05, 3.63) is 42.2 Å². The minimum Gasteiger partial charge on any atom is -0.294 e. The van der Waals surface area contributed by atoms with Gasteiger partial charge in [0.15, 0.2) is 5.78 Å². The van der Waals surface area contributed by atoms with Crippen molar-refractivity contribution in [2.75, 3.05) is 0 Å². The van der Waals surface area contributed by atoms with Gasteiger partial charge < -0.3 is 0 Å². The van der Waals surface area contributed by atoms with Crippen molar-refractivity contribution in [3.8, 4) is 0 Å². The van der Waals surface area contributed by atoms with Crippen LogP contribution >= 0.6 is 11.8 Å². The zero-order valence-corrected chi connectivity index (χ0v) is 10.7. The quantitative estimate of drug-likeness (QED) is 0.777. The van der Waals surface area contributed by atoms with E-state index in [0.717, 1.165) is 15.4 Å². The van der Waals surface area contributed by atoms with Gasteiger partial charge in [-0.1, -0.05) is 30.8 Å². The standard InChI is InChI=1S/C13H14N2OS/c1-3-13(16)10-4-6-11(7-5-10)17-12-8-14-15(2)9-12/h4-9H,3H2,1-2H3. The lowest BCUT2D eigenvalue weighted by atomic mass is 10.1. The number of carbonyl (C=O) groups excluding carboxylic acids is 1. The van der Waals surface area contributed by atoms with Crippen LogP contribution in [0, 0.1) is 0 Å². The summed E-state index contributed by atoms with van der Waals surface area (Å²) in [6, 6.07) is 7.70. The number of Topliss-reactive ketones (excluding diaryl/α,β-unsaturated/α-hetero) is 1. The van der Waals surface area contributed by atoms with Crippen LogP contribution in [0.1, 0.15) is 23.7 Å². The number of hydrogen-bond acceptors (Lipinski definition) is 3. The van der Waals surface area contributed by atoms with Crippen molar-refractivity contribution in [2.24, 2.45) is 7.05 Å². The molecule has 3 nitrogen and oxygen atoms in total. The monoisotopic (exact) mass is 246 g/mol. The number of rotatable bonds is 4. The normalized spacial score (nSPS) is 10.5. The molecule has 4 heteroatoms. The first kappa shape index (κ1) is 11.9. The van der Waals surface area contributed by atoms with Gasteiger partial charge in [0, 0.05) is 30.1 Å². The molecular formula is C13H14N2OS. The summed E-state index contributed by atoms with van der Waals surface area (Å²) in [6.45, 7) is 1.88. The molecule has 2 rings (SSSR count). The largest absolute Gasteiger partial charge is 0.294 e. The van der Waals surface area contributed by atoms with E-state index in [9.17, 15) is 4.79 Å². The van der Waals surface area contributed by atoms with Gasteiger partial charge in [0.05, 0.1) is 11.1 Å². The number of hydrogen-bond donors (Lipinski definition) is 0. The second-order valence-electron chi connectivity index (χ2n) is 3.75. The van der Waals surface area contributed by atoms with Gasteiger partial charge >= 0.3 is 0 Å². The van der Waals surface area contributed by atoms with Gasteiger partial charge in [-0.15, -0.1) is 0 Å². The highest BCUT2D eigenvalue weighted by Crippen LogP contribution is 2.27. The molecule has 0 aliphatic carbocycles. The van der Waals surface area contributed by atoms with Crippen molar-refractivity contribution in [2.45, 2.75) is 23.1 Å². The van der Waals surface area contributed by atoms with Gasteiger partial charge in [0.1, 0.15) is 0 Å². The zero-order valence-electron chi connectivity index (χ0n) is 9.88. The molecule has 0 unspecified atom stereocenters. The molecule has 17 heavy (non-hydrogen) atoms. The second kappa shape index (κ2) is 5.19. The third-order valence-corrected chi connectivity index (χ3v) is 3.37. The maximum absolute atomic E-state index is 11.5. The molecule has 0 aliphatic rings. The third-order valence-electron chi connectivity index (χ3n) is 2.41. The van der Waals surface area contributed by atoms with Gasteiger partial charge in [-0.2, -0.15) is 5.10 Å². The van der Waals surface area contributed by atoms with E-state index >= 15 is 0 Å². The van der Waals surface area contributed by atoms with Crippen LogP contribution < -0.4 is 0 Å². The molecule has 1 heterocycles. The Morgan fingerprint density at radius 2 is 2.00 bits per heavy atom. The molecule has 1 aromatic carbocycles. The highest BCUT2D eigenvalue weighted by molar-refractivity contribution is 7.99. The first-order valence-corrected chi connectivity index (χ1v) is 6.30. The number of ketones is 1. The van der Waals surface area contributed by atoms with Gasteiger partial charge in [0.2, 0.25) is 0 Å². The molecular weight excluding hydrogens is 232 g/mol. The van der Waals surface area contributed by atoms with E-state index < -0.39 is 0 Å². The maximum atomic E-state index is 11.5. The predicted octanol–water partition coefficient (Wildman–Crippen LogP) is 3.16. The van der Waals surface area contributed by atoms with E-state index in [1.165, 1.54) is 0 Å². The molecule has 0 spiro atoms. The Balaban J connectivity index is 2.10.